The van der Waals surface area contributed by atoms with E-state index in [-0.39, 0.29) is 11.3 Å². The summed E-state index contributed by atoms with van der Waals surface area (Å²) >= 11 is 1.38. The molecule has 0 atom stereocenters. The van der Waals surface area contributed by atoms with Gasteiger partial charge in [0.15, 0.2) is 0 Å². The standard InChI is InChI=1S/C20H22N2O3S/c1-11(2)13-6-8-14(9-7-13)21(4)18(24)16-17(23)15-12(3)10-26-20(15)22(5)19(16)25/h6-11,23H,1-5H3. The van der Waals surface area contributed by atoms with Gasteiger partial charge in [0.1, 0.15) is 16.1 Å². The minimum atomic E-state index is -0.520. The van der Waals surface area contributed by atoms with Gasteiger partial charge in [-0.25, -0.2) is 0 Å². The van der Waals surface area contributed by atoms with Crippen LogP contribution >= 0.6 is 11.3 Å². The number of fused-ring (bicyclic) bond motifs is 1. The van der Waals surface area contributed by atoms with Gasteiger partial charge >= 0.3 is 0 Å². The number of aromatic nitrogens is 1. The lowest BCUT2D eigenvalue weighted by Crippen LogP contribution is -2.34. The van der Waals surface area contributed by atoms with Crippen molar-refractivity contribution < 1.29 is 9.90 Å². The van der Waals surface area contributed by atoms with Crippen LogP contribution in [-0.4, -0.2) is 22.6 Å². The number of nitrogens with zero attached hydrogens (tertiary/aromatic N) is 2. The number of hydrogen-bond acceptors (Lipinski definition) is 4. The summed E-state index contributed by atoms with van der Waals surface area (Å²) in [7, 11) is 3.23. The highest BCUT2D eigenvalue weighted by atomic mass is 32.1. The van der Waals surface area contributed by atoms with Crippen LogP contribution in [0.25, 0.3) is 10.2 Å². The molecule has 1 N–H and O–H groups in total. The van der Waals surface area contributed by atoms with Gasteiger partial charge in [-0.3, -0.25) is 9.59 Å². The second kappa shape index (κ2) is 6.61. The van der Waals surface area contributed by atoms with Crippen molar-refractivity contribution in [2.45, 2.75) is 26.7 Å². The summed E-state index contributed by atoms with van der Waals surface area (Å²) in [5, 5.41) is 13.1. The van der Waals surface area contributed by atoms with Crippen LogP contribution in [0.15, 0.2) is 34.4 Å². The first-order valence-corrected chi connectivity index (χ1v) is 9.29. The van der Waals surface area contributed by atoms with Crippen LogP contribution < -0.4 is 10.5 Å². The summed E-state index contributed by atoms with van der Waals surface area (Å²) in [4.78, 5) is 27.7. The molecule has 1 amide bonds. The van der Waals surface area contributed by atoms with Gasteiger partial charge in [0.2, 0.25) is 0 Å². The van der Waals surface area contributed by atoms with E-state index in [0.717, 1.165) is 5.56 Å². The molecule has 6 heteroatoms. The third-order valence-electron chi connectivity index (χ3n) is 4.72. The maximum atomic E-state index is 13.0. The second-order valence-electron chi connectivity index (χ2n) is 6.80. The first kappa shape index (κ1) is 18.2. The molecule has 0 spiro atoms. The zero-order valence-corrected chi connectivity index (χ0v) is 16.3. The van der Waals surface area contributed by atoms with Crippen molar-refractivity contribution >= 4 is 33.1 Å². The maximum absolute atomic E-state index is 13.0. The van der Waals surface area contributed by atoms with Crippen LogP contribution in [0.5, 0.6) is 5.75 Å². The number of carbonyl (C=O) groups excluding carboxylic acids is 1. The van der Waals surface area contributed by atoms with Crippen molar-refractivity contribution in [3.8, 4) is 5.75 Å². The fourth-order valence-electron chi connectivity index (χ4n) is 3.01. The molecule has 26 heavy (non-hydrogen) atoms. The average Bonchev–Trinajstić information content (AvgIpc) is 3.01. The monoisotopic (exact) mass is 370 g/mol. The molecule has 0 fully saturated rings. The summed E-state index contributed by atoms with van der Waals surface area (Å²) in [6.07, 6.45) is 0. The molecule has 0 radical (unpaired) electrons. The van der Waals surface area contributed by atoms with Crippen molar-refractivity contribution in [1.82, 2.24) is 4.57 Å². The lowest BCUT2D eigenvalue weighted by Gasteiger charge is -2.19. The molecule has 2 heterocycles. The third-order valence-corrected chi connectivity index (χ3v) is 5.89. The number of pyridine rings is 1. The van der Waals surface area contributed by atoms with Gasteiger partial charge in [-0.2, -0.15) is 0 Å². The molecule has 5 nitrogen and oxygen atoms in total. The number of carbonyl (C=O) groups is 1. The van der Waals surface area contributed by atoms with Crippen LogP contribution in [0, 0.1) is 6.92 Å². The van der Waals surface area contributed by atoms with Gasteiger partial charge < -0.3 is 14.6 Å². The SMILES string of the molecule is Cc1csc2c1c(O)c(C(=O)N(C)c1ccc(C(C)C)cc1)c(=O)n2C. The molecular weight excluding hydrogens is 348 g/mol. The molecule has 0 aliphatic rings. The normalized spacial score (nSPS) is 11.3. The lowest BCUT2D eigenvalue weighted by molar-refractivity contribution is 0.0988. The van der Waals surface area contributed by atoms with E-state index in [9.17, 15) is 14.7 Å². The van der Waals surface area contributed by atoms with Crippen LogP contribution in [-0.2, 0) is 7.05 Å². The zero-order valence-electron chi connectivity index (χ0n) is 15.5. The first-order valence-electron chi connectivity index (χ1n) is 8.41. The van der Waals surface area contributed by atoms with E-state index in [2.05, 4.69) is 13.8 Å². The molecule has 1 aromatic carbocycles. The first-order chi connectivity index (χ1) is 12.2. The predicted octanol–water partition coefficient (Wildman–Crippen LogP) is 4.01. The quantitative estimate of drug-likeness (QED) is 0.758. The smallest absolute Gasteiger partial charge is 0.268 e. The van der Waals surface area contributed by atoms with Gasteiger partial charge in [0.25, 0.3) is 11.5 Å². The minimum absolute atomic E-state index is 0.197. The van der Waals surface area contributed by atoms with E-state index in [0.29, 0.717) is 21.8 Å². The molecule has 0 saturated carbocycles. The number of hydrogen-bond donors (Lipinski definition) is 1. The molecular formula is C20H22N2O3S. The van der Waals surface area contributed by atoms with Crippen LogP contribution in [0.3, 0.4) is 0 Å². The Morgan fingerprint density at radius 2 is 1.85 bits per heavy atom. The van der Waals surface area contributed by atoms with Gasteiger partial charge in [0.05, 0.1) is 5.39 Å². The highest BCUT2D eigenvalue weighted by Gasteiger charge is 2.26. The lowest BCUT2D eigenvalue weighted by atomic mass is 10.0. The number of anilines is 1. The largest absolute Gasteiger partial charge is 0.506 e. The second-order valence-corrected chi connectivity index (χ2v) is 7.66. The number of aromatic hydroxyl groups is 1. The summed E-state index contributed by atoms with van der Waals surface area (Å²) in [6.45, 7) is 6.06. The average molecular weight is 370 g/mol. The van der Waals surface area contributed by atoms with Gasteiger partial charge in [0, 0.05) is 19.8 Å². The summed E-state index contributed by atoms with van der Waals surface area (Å²) in [6, 6.07) is 7.63. The van der Waals surface area contributed by atoms with Crippen molar-refractivity contribution in [2.24, 2.45) is 7.05 Å². The highest BCUT2D eigenvalue weighted by molar-refractivity contribution is 7.17. The third kappa shape index (κ3) is 2.80. The Kier molecular flexibility index (Phi) is 4.63. The Labute approximate surface area is 156 Å². The van der Waals surface area contributed by atoms with E-state index < -0.39 is 11.5 Å². The number of aryl methyl sites for hydroxylation is 2. The molecule has 0 saturated heterocycles. The Hall–Kier alpha value is -2.60. The predicted molar refractivity (Wildman–Crippen MR) is 107 cm³/mol. The molecule has 136 valence electrons. The van der Waals surface area contributed by atoms with E-state index in [4.69, 9.17) is 0 Å². The van der Waals surface area contributed by atoms with E-state index in [1.165, 1.54) is 26.4 Å². The number of rotatable bonds is 3. The van der Waals surface area contributed by atoms with Crippen LogP contribution in [0.2, 0.25) is 0 Å². The zero-order chi connectivity index (χ0) is 19.2. The molecule has 0 unspecified atom stereocenters. The van der Waals surface area contributed by atoms with Crippen molar-refractivity contribution in [2.75, 3.05) is 11.9 Å². The summed E-state index contributed by atoms with van der Waals surface area (Å²) in [5.74, 6) is -0.365. The van der Waals surface area contributed by atoms with E-state index in [1.807, 2.05) is 36.6 Å². The minimum Gasteiger partial charge on any atom is -0.506 e. The summed E-state index contributed by atoms with van der Waals surface area (Å²) < 4.78 is 1.43. The number of amides is 1. The van der Waals surface area contributed by atoms with Crippen molar-refractivity contribution in [3.63, 3.8) is 0 Å². The highest BCUT2D eigenvalue weighted by Crippen LogP contribution is 2.34. The van der Waals surface area contributed by atoms with Crippen molar-refractivity contribution in [1.29, 1.82) is 0 Å². The van der Waals surface area contributed by atoms with E-state index in [1.54, 1.807) is 14.1 Å². The molecule has 0 aliphatic heterocycles. The maximum Gasteiger partial charge on any atom is 0.268 e. The Balaban J connectivity index is 2.09. The molecule has 2 aromatic heterocycles. The number of thiophene rings is 1. The molecule has 0 aliphatic carbocycles. The van der Waals surface area contributed by atoms with Crippen LogP contribution in [0.4, 0.5) is 5.69 Å². The Morgan fingerprint density at radius 1 is 1.23 bits per heavy atom. The molecule has 0 bridgehead atoms. The molecule has 3 aromatic rings. The number of benzene rings is 1. The van der Waals surface area contributed by atoms with Gasteiger partial charge in [-0.05, 0) is 41.5 Å². The Morgan fingerprint density at radius 3 is 2.42 bits per heavy atom. The topological polar surface area (TPSA) is 62.5 Å². The molecule has 3 rings (SSSR count). The fourth-order valence-corrected chi connectivity index (χ4v) is 4.04. The van der Waals surface area contributed by atoms with Crippen LogP contribution in [0.1, 0.15) is 41.3 Å². The van der Waals surface area contributed by atoms with Gasteiger partial charge in [-0.1, -0.05) is 26.0 Å². The van der Waals surface area contributed by atoms with Gasteiger partial charge in [-0.15, -0.1) is 11.3 Å². The Bertz CT molecular complexity index is 1050. The fraction of sp³-hybridized carbons (Fsp3) is 0.300. The van der Waals surface area contributed by atoms with Crippen molar-refractivity contribution in [3.05, 3.63) is 56.7 Å². The summed E-state index contributed by atoms with van der Waals surface area (Å²) in [5.41, 5.74) is 1.99. The van der Waals surface area contributed by atoms with E-state index >= 15 is 0 Å².